The van der Waals surface area contributed by atoms with Crippen LogP contribution in [0, 0.1) is 0 Å². The lowest BCUT2D eigenvalue weighted by Gasteiger charge is -2.36. The zero-order valence-electron chi connectivity index (χ0n) is 12.5. The zero-order chi connectivity index (χ0) is 14.7. The number of methoxy groups -OCH3 is 1. The van der Waals surface area contributed by atoms with Crippen LogP contribution in [0.2, 0.25) is 0 Å². The molecule has 0 spiro atoms. The smallest absolute Gasteiger partial charge is 0.119 e. The van der Waals surface area contributed by atoms with Gasteiger partial charge in [-0.3, -0.25) is 4.90 Å². The quantitative estimate of drug-likeness (QED) is 0.937. The van der Waals surface area contributed by atoms with E-state index in [4.69, 9.17) is 10.5 Å². The SMILES string of the molecule is COc1cccc(CN2CCc3ccccc3C2CN)c1. The standard InChI is InChI=1S/C18H22N2O/c1-21-16-7-4-5-14(11-16)13-20-10-9-15-6-2-3-8-17(15)18(20)12-19/h2-8,11,18H,9-10,12-13,19H2,1H3. The molecular formula is C18H22N2O. The minimum absolute atomic E-state index is 0.307. The van der Waals surface area contributed by atoms with E-state index in [0.717, 1.165) is 25.3 Å². The molecule has 2 aromatic rings. The van der Waals surface area contributed by atoms with Gasteiger partial charge in [0.25, 0.3) is 0 Å². The summed E-state index contributed by atoms with van der Waals surface area (Å²) in [4.78, 5) is 2.47. The number of nitrogens with two attached hydrogens (primary N) is 1. The van der Waals surface area contributed by atoms with Crippen molar-refractivity contribution in [1.29, 1.82) is 0 Å². The lowest BCUT2D eigenvalue weighted by molar-refractivity contribution is 0.180. The Morgan fingerprint density at radius 2 is 2.05 bits per heavy atom. The second kappa shape index (κ2) is 6.29. The van der Waals surface area contributed by atoms with Gasteiger partial charge in [-0.1, -0.05) is 36.4 Å². The van der Waals surface area contributed by atoms with Crippen LogP contribution >= 0.6 is 0 Å². The minimum atomic E-state index is 0.307. The van der Waals surface area contributed by atoms with Crippen molar-refractivity contribution in [2.75, 3.05) is 20.2 Å². The molecule has 0 aliphatic carbocycles. The van der Waals surface area contributed by atoms with Crippen molar-refractivity contribution >= 4 is 0 Å². The summed E-state index contributed by atoms with van der Waals surface area (Å²) < 4.78 is 5.31. The molecule has 0 saturated carbocycles. The highest BCUT2D eigenvalue weighted by atomic mass is 16.5. The lowest BCUT2D eigenvalue weighted by atomic mass is 9.92. The van der Waals surface area contributed by atoms with Crippen LogP contribution in [-0.2, 0) is 13.0 Å². The largest absolute Gasteiger partial charge is 0.497 e. The number of fused-ring (bicyclic) bond motifs is 1. The summed E-state index contributed by atoms with van der Waals surface area (Å²) in [6, 6.07) is 17.2. The maximum Gasteiger partial charge on any atom is 0.119 e. The van der Waals surface area contributed by atoms with Crippen LogP contribution in [-0.4, -0.2) is 25.1 Å². The number of rotatable bonds is 4. The zero-order valence-corrected chi connectivity index (χ0v) is 12.5. The molecule has 0 saturated heterocycles. The molecule has 0 radical (unpaired) electrons. The van der Waals surface area contributed by atoms with Crippen molar-refractivity contribution in [3.8, 4) is 5.75 Å². The molecule has 3 nitrogen and oxygen atoms in total. The highest BCUT2D eigenvalue weighted by Gasteiger charge is 2.25. The third-order valence-electron chi connectivity index (χ3n) is 4.27. The highest BCUT2D eigenvalue weighted by molar-refractivity contribution is 5.34. The number of benzene rings is 2. The Balaban J connectivity index is 1.82. The van der Waals surface area contributed by atoms with E-state index >= 15 is 0 Å². The molecule has 1 heterocycles. The monoisotopic (exact) mass is 282 g/mol. The predicted octanol–water partition coefficient (Wildman–Crippen LogP) is 2.75. The second-order valence-corrected chi connectivity index (χ2v) is 5.52. The molecule has 1 aliphatic heterocycles. The maximum absolute atomic E-state index is 6.05. The van der Waals surface area contributed by atoms with Gasteiger partial charge in [-0.05, 0) is 35.2 Å². The average Bonchev–Trinajstić information content (AvgIpc) is 2.55. The number of hydrogen-bond donors (Lipinski definition) is 1. The van der Waals surface area contributed by atoms with Gasteiger partial charge in [0.15, 0.2) is 0 Å². The fourth-order valence-corrected chi connectivity index (χ4v) is 3.17. The van der Waals surface area contributed by atoms with Gasteiger partial charge in [0, 0.05) is 25.7 Å². The van der Waals surface area contributed by atoms with Gasteiger partial charge in [0.1, 0.15) is 5.75 Å². The molecule has 21 heavy (non-hydrogen) atoms. The van der Waals surface area contributed by atoms with E-state index in [2.05, 4.69) is 41.3 Å². The first-order chi connectivity index (χ1) is 10.3. The summed E-state index contributed by atoms with van der Waals surface area (Å²) in [7, 11) is 1.71. The topological polar surface area (TPSA) is 38.5 Å². The Morgan fingerprint density at radius 1 is 1.19 bits per heavy atom. The first kappa shape index (κ1) is 14.1. The molecule has 3 rings (SSSR count). The number of hydrogen-bond acceptors (Lipinski definition) is 3. The van der Waals surface area contributed by atoms with Crippen LogP contribution in [0.3, 0.4) is 0 Å². The molecule has 1 atom stereocenters. The third kappa shape index (κ3) is 2.94. The van der Waals surface area contributed by atoms with Crippen LogP contribution < -0.4 is 10.5 Å². The summed E-state index contributed by atoms with van der Waals surface area (Å²) in [5.41, 5.74) is 10.1. The van der Waals surface area contributed by atoms with Crippen molar-refractivity contribution in [2.24, 2.45) is 5.73 Å². The van der Waals surface area contributed by atoms with E-state index in [1.54, 1.807) is 7.11 Å². The summed E-state index contributed by atoms with van der Waals surface area (Å²) in [5, 5.41) is 0. The van der Waals surface area contributed by atoms with Gasteiger partial charge < -0.3 is 10.5 Å². The van der Waals surface area contributed by atoms with Crippen molar-refractivity contribution in [3.05, 3.63) is 65.2 Å². The van der Waals surface area contributed by atoms with E-state index in [1.807, 2.05) is 12.1 Å². The molecule has 0 fully saturated rings. The van der Waals surface area contributed by atoms with Crippen LogP contribution in [0.15, 0.2) is 48.5 Å². The van der Waals surface area contributed by atoms with E-state index in [-0.39, 0.29) is 0 Å². The molecule has 0 bridgehead atoms. The Hall–Kier alpha value is -1.84. The molecular weight excluding hydrogens is 260 g/mol. The van der Waals surface area contributed by atoms with Crippen LogP contribution in [0.1, 0.15) is 22.7 Å². The lowest BCUT2D eigenvalue weighted by Crippen LogP contribution is -2.38. The number of ether oxygens (including phenoxy) is 1. The molecule has 110 valence electrons. The maximum atomic E-state index is 6.05. The van der Waals surface area contributed by atoms with Gasteiger partial charge in [0.2, 0.25) is 0 Å². The average molecular weight is 282 g/mol. The fourth-order valence-electron chi connectivity index (χ4n) is 3.17. The van der Waals surface area contributed by atoms with Crippen LogP contribution in [0.4, 0.5) is 0 Å². The van der Waals surface area contributed by atoms with E-state index < -0.39 is 0 Å². The Morgan fingerprint density at radius 3 is 2.86 bits per heavy atom. The Bertz CT molecular complexity index is 612. The molecule has 0 aromatic heterocycles. The Kier molecular flexibility index (Phi) is 4.23. The van der Waals surface area contributed by atoms with Gasteiger partial charge in [0.05, 0.1) is 7.11 Å². The van der Waals surface area contributed by atoms with Crippen LogP contribution in [0.5, 0.6) is 5.75 Å². The normalized spacial score (nSPS) is 18.3. The van der Waals surface area contributed by atoms with E-state index in [1.165, 1.54) is 16.7 Å². The second-order valence-electron chi connectivity index (χ2n) is 5.52. The number of nitrogens with zero attached hydrogens (tertiary/aromatic N) is 1. The van der Waals surface area contributed by atoms with Gasteiger partial charge in [-0.15, -0.1) is 0 Å². The summed E-state index contributed by atoms with van der Waals surface area (Å²) in [5.74, 6) is 0.911. The van der Waals surface area contributed by atoms with E-state index in [9.17, 15) is 0 Å². The molecule has 1 aliphatic rings. The van der Waals surface area contributed by atoms with Crippen molar-refractivity contribution < 1.29 is 4.74 Å². The van der Waals surface area contributed by atoms with Crippen molar-refractivity contribution in [1.82, 2.24) is 4.90 Å². The first-order valence-electron chi connectivity index (χ1n) is 7.46. The van der Waals surface area contributed by atoms with Crippen LogP contribution in [0.25, 0.3) is 0 Å². The molecule has 3 heteroatoms. The molecule has 2 aromatic carbocycles. The fraction of sp³-hybridized carbons (Fsp3) is 0.333. The summed E-state index contributed by atoms with van der Waals surface area (Å²) in [6.07, 6.45) is 1.09. The van der Waals surface area contributed by atoms with Crippen molar-refractivity contribution in [2.45, 2.75) is 19.0 Å². The summed E-state index contributed by atoms with van der Waals surface area (Å²) in [6.45, 7) is 2.62. The molecule has 2 N–H and O–H groups in total. The molecule has 1 unspecified atom stereocenters. The Labute approximate surface area is 126 Å². The third-order valence-corrected chi connectivity index (χ3v) is 4.27. The van der Waals surface area contributed by atoms with Gasteiger partial charge in [-0.25, -0.2) is 0 Å². The summed E-state index contributed by atoms with van der Waals surface area (Å²) >= 11 is 0. The predicted molar refractivity (Wildman–Crippen MR) is 85.3 cm³/mol. The van der Waals surface area contributed by atoms with Crippen molar-refractivity contribution in [3.63, 3.8) is 0 Å². The molecule has 0 amide bonds. The van der Waals surface area contributed by atoms with Gasteiger partial charge >= 0.3 is 0 Å². The minimum Gasteiger partial charge on any atom is -0.497 e. The highest BCUT2D eigenvalue weighted by Crippen LogP contribution is 2.30. The van der Waals surface area contributed by atoms with Gasteiger partial charge in [-0.2, -0.15) is 0 Å². The first-order valence-corrected chi connectivity index (χ1v) is 7.46. The van der Waals surface area contributed by atoms with E-state index in [0.29, 0.717) is 12.6 Å².